The molecular weight excluding hydrogens is 430 g/mol. The Hall–Kier alpha value is -2.94. The van der Waals surface area contributed by atoms with Gasteiger partial charge in [0.25, 0.3) is 0 Å². The summed E-state index contributed by atoms with van der Waals surface area (Å²) in [5.41, 5.74) is 2.28. The molecule has 0 radical (unpaired) electrons. The summed E-state index contributed by atoms with van der Waals surface area (Å²) < 4.78 is 36.9. The number of sulfonamides is 1. The van der Waals surface area contributed by atoms with Gasteiger partial charge in [0.15, 0.2) is 0 Å². The van der Waals surface area contributed by atoms with Crippen LogP contribution in [0.4, 0.5) is 11.4 Å². The number of carbonyl (C=O) groups excluding carboxylic acids is 1. The fraction of sp³-hybridized carbons (Fsp3) is 0.435. The van der Waals surface area contributed by atoms with E-state index in [1.807, 2.05) is 24.3 Å². The fourth-order valence-corrected chi connectivity index (χ4v) is 4.67. The van der Waals surface area contributed by atoms with E-state index in [0.29, 0.717) is 11.5 Å². The number of hydrogen-bond acceptors (Lipinski definition) is 6. The second kappa shape index (κ2) is 11.1. The molecule has 0 heterocycles. The molecule has 0 aliphatic carbocycles. The number of amides is 1. The summed E-state index contributed by atoms with van der Waals surface area (Å²) in [4.78, 5) is 15.1. The van der Waals surface area contributed by atoms with E-state index in [1.165, 1.54) is 20.3 Å². The quantitative estimate of drug-likeness (QED) is 0.551. The van der Waals surface area contributed by atoms with Gasteiger partial charge in [0, 0.05) is 31.4 Å². The molecule has 0 fully saturated rings. The van der Waals surface area contributed by atoms with Crippen molar-refractivity contribution in [3.63, 3.8) is 0 Å². The summed E-state index contributed by atoms with van der Waals surface area (Å²) in [6.45, 7) is 7.86. The normalized spacial score (nSPS) is 12.1. The van der Waals surface area contributed by atoms with Gasteiger partial charge in [0.2, 0.25) is 15.9 Å². The molecule has 0 aromatic heterocycles. The number of carbonyl (C=O) groups is 1. The molecular formula is C23H33N3O5S. The van der Waals surface area contributed by atoms with Gasteiger partial charge in [-0.15, -0.1) is 0 Å². The third-order valence-electron chi connectivity index (χ3n) is 5.24. The van der Waals surface area contributed by atoms with Crippen LogP contribution in [-0.4, -0.2) is 53.9 Å². The molecule has 2 aromatic carbocycles. The van der Waals surface area contributed by atoms with E-state index in [2.05, 4.69) is 24.1 Å². The van der Waals surface area contributed by atoms with Gasteiger partial charge in [0.1, 0.15) is 17.5 Å². The van der Waals surface area contributed by atoms with Gasteiger partial charge in [-0.2, -0.15) is 0 Å². The van der Waals surface area contributed by atoms with Crippen LogP contribution in [0.1, 0.15) is 26.3 Å². The van der Waals surface area contributed by atoms with Gasteiger partial charge in [-0.05, 0) is 50.6 Å². The lowest BCUT2D eigenvalue weighted by atomic mass is 10.2. The molecule has 1 amide bonds. The van der Waals surface area contributed by atoms with Gasteiger partial charge < -0.3 is 19.7 Å². The van der Waals surface area contributed by atoms with E-state index < -0.39 is 22.0 Å². The molecule has 8 nitrogen and oxygen atoms in total. The van der Waals surface area contributed by atoms with Crippen LogP contribution in [0.5, 0.6) is 11.5 Å². The van der Waals surface area contributed by atoms with Crippen molar-refractivity contribution in [3.8, 4) is 11.5 Å². The lowest BCUT2D eigenvalue weighted by Crippen LogP contribution is -2.47. The number of methoxy groups -OCH3 is 2. The SMILES string of the molecule is CCN(CC)c1ccc(CNC(=O)[C@@H](C)N(c2cc(OC)ccc2OC)S(C)(=O)=O)cc1. The lowest BCUT2D eigenvalue weighted by Gasteiger charge is -2.29. The zero-order chi connectivity index (χ0) is 23.9. The monoisotopic (exact) mass is 463 g/mol. The highest BCUT2D eigenvalue weighted by molar-refractivity contribution is 7.92. The molecule has 0 spiro atoms. The van der Waals surface area contributed by atoms with Crippen molar-refractivity contribution >= 4 is 27.3 Å². The fourth-order valence-electron chi connectivity index (χ4n) is 3.50. The molecule has 1 N–H and O–H groups in total. The van der Waals surface area contributed by atoms with Crippen molar-refractivity contribution in [1.82, 2.24) is 5.32 Å². The number of benzene rings is 2. The Balaban J connectivity index is 2.21. The molecule has 0 saturated heterocycles. The van der Waals surface area contributed by atoms with Crippen LogP contribution in [-0.2, 0) is 21.4 Å². The van der Waals surface area contributed by atoms with E-state index in [-0.39, 0.29) is 12.2 Å². The first-order valence-corrected chi connectivity index (χ1v) is 12.3. The van der Waals surface area contributed by atoms with Crippen molar-refractivity contribution in [2.24, 2.45) is 0 Å². The van der Waals surface area contributed by atoms with Crippen molar-refractivity contribution in [2.75, 3.05) is 42.8 Å². The average Bonchev–Trinajstić information content (AvgIpc) is 2.78. The van der Waals surface area contributed by atoms with Crippen LogP contribution >= 0.6 is 0 Å². The van der Waals surface area contributed by atoms with Gasteiger partial charge in [0.05, 0.1) is 26.2 Å². The van der Waals surface area contributed by atoms with Crippen molar-refractivity contribution < 1.29 is 22.7 Å². The third-order valence-corrected chi connectivity index (χ3v) is 6.47. The Morgan fingerprint density at radius 1 is 1.03 bits per heavy atom. The molecule has 32 heavy (non-hydrogen) atoms. The van der Waals surface area contributed by atoms with Crippen molar-refractivity contribution in [1.29, 1.82) is 0 Å². The minimum Gasteiger partial charge on any atom is -0.497 e. The van der Waals surface area contributed by atoms with Crippen LogP contribution in [0.15, 0.2) is 42.5 Å². The number of nitrogens with one attached hydrogen (secondary N) is 1. The first-order valence-electron chi connectivity index (χ1n) is 10.5. The minimum atomic E-state index is -3.79. The second-order valence-electron chi connectivity index (χ2n) is 7.33. The number of hydrogen-bond donors (Lipinski definition) is 1. The molecule has 2 rings (SSSR count). The van der Waals surface area contributed by atoms with Crippen LogP contribution < -0.4 is 24.0 Å². The minimum absolute atomic E-state index is 0.237. The summed E-state index contributed by atoms with van der Waals surface area (Å²) in [6, 6.07) is 11.8. The number of anilines is 2. The predicted octanol–water partition coefficient (Wildman–Crippen LogP) is 3.02. The molecule has 0 saturated carbocycles. The third kappa shape index (κ3) is 6.06. The van der Waals surface area contributed by atoms with E-state index in [1.54, 1.807) is 19.1 Å². The molecule has 1 atom stereocenters. The second-order valence-corrected chi connectivity index (χ2v) is 9.19. The van der Waals surface area contributed by atoms with Gasteiger partial charge in [-0.25, -0.2) is 8.42 Å². The Bertz CT molecular complexity index is 1000. The maximum atomic E-state index is 12.9. The smallest absolute Gasteiger partial charge is 0.243 e. The maximum Gasteiger partial charge on any atom is 0.243 e. The summed E-state index contributed by atoms with van der Waals surface area (Å²) in [6.07, 6.45) is 1.06. The van der Waals surface area contributed by atoms with Gasteiger partial charge in [-0.1, -0.05) is 12.1 Å². The molecule has 0 aliphatic rings. The summed E-state index contributed by atoms with van der Waals surface area (Å²) in [7, 11) is -0.865. The zero-order valence-electron chi connectivity index (χ0n) is 19.6. The Labute approximate surface area is 191 Å². The number of rotatable bonds is 11. The average molecular weight is 464 g/mol. The van der Waals surface area contributed by atoms with E-state index in [0.717, 1.165) is 34.9 Å². The van der Waals surface area contributed by atoms with Crippen molar-refractivity contribution in [3.05, 3.63) is 48.0 Å². The van der Waals surface area contributed by atoms with Gasteiger partial charge >= 0.3 is 0 Å². The molecule has 2 aromatic rings. The molecule has 0 bridgehead atoms. The van der Waals surface area contributed by atoms with Gasteiger partial charge in [-0.3, -0.25) is 9.10 Å². The highest BCUT2D eigenvalue weighted by Gasteiger charge is 2.31. The Morgan fingerprint density at radius 3 is 2.16 bits per heavy atom. The predicted molar refractivity (Wildman–Crippen MR) is 128 cm³/mol. The largest absolute Gasteiger partial charge is 0.497 e. The van der Waals surface area contributed by atoms with Crippen molar-refractivity contribution in [2.45, 2.75) is 33.4 Å². The molecule has 0 unspecified atom stereocenters. The van der Waals surface area contributed by atoms with Crippen LogP contribution in [0.3, 0.4) is 0 Å². The summed E-state index contributed by atoms with van der Waals surface area (Å²) in [5.74, 6) is 0.353. The maximum absolute atomic E-state index is 12.9. The molecule has 9 heteroatoms. The first-order chi connectivity index (χ1) is 15.2. The molecule has 0 aliphatic heterocycles. The Morgan fingerprint density at radius 2 is 1.66 bits per heavy atom. The van der Waals surface area contributed by atoms with E-state index in [4.69, 9.17) is 9.47 Å². The highest BCUT2D eigenvalue weighted by atomic mass is 32.2. The first kappa shape index (κ1) is 25.3. The molecule has 176 valence electrons. The highest BCUT2D eigenvalue weighted by Crippen LogP contribution is 2.35. The van der Waals surface area contributed by atoms with E-state index in [9.17, 15) is 13.2 Å². The zero-order valence-corrected chi connectivity index (χ0v) is 20.4. The summed E-state index contributed by atoms with van der Waals surface area (Å²) >= 11 is 0. The standard InChI is InChI=1S/C23H33N3O5S/c1-7-25(8-2)19-11-9-18(10-12-19)16-24-23(27)17(3)26(32(6,28)29)21-15-20(30-4)13-14-22(21)31-5/h9-15,17H,7-8,16H2,1-6H3,(H,24,27)/t17-/m1/s1. The number of ether oxygens (including phenoxy) is 2. The summed E-state index contributed by atoms with van der Waals surface area (Å²) in [5, 5.41) is 2.83. The van der Waals surface area contributed by atoms with Crippen LogP contribution in [0.25, 0.3) is 0 Å². The van der Waals surface area contributed by atoms with Crippen LogP contribution in [0, 0.1) is 0 Å². The number of nitrogens with zero attached hydrogens (tertiary/aromatic N) is 2. The van der Waals surface area contributed by atoms with Crippen LogP contribution in [0.2, 0.25) is 0 Å². The topological polar surface area (TPSA) is 88.2 Å². The Kier molecular flexibility index (Phi) is 8.77. The van der Waals surface area contributed by atoms with E-state index >= 15 is 0 Å². The lowest BCUT2D eigenvalue weighted by molar-refractivity contribution is -0.122.